The molecule has 0 atom stereocenters. The van der Waals surface area contributed by atoms with Crippen LogP contribution in [-0.2, 0) is 11.3 Å². The summed E-state index contributed by atoms with van der Waals surface area (Å²) in [5.41, 5.74) is 1.52. The Hall–Kier alpha value is -2.60. The Bertz CT molecular complexity index is 719. The second-order valence-corrected chi connectivity index (χ2v) is 5.87. The SMILES string of the molecule is CCOc1ccc(OCC)c(NC(=O)CN(C)Cc2ccc(F)cc2)c1. The number of benzene rings is 2. The van der Waals surface area contributed by atoms with Gasteiger partial charge >= 0.3 is 0 Å². The number of amides is 1. The molecule has 0 radical (unpaired) electrons. The van der Waals surface area contributed by atoms with Crippen LogP contribution in [0.2, 0.25) is 0 Å². The molecule has 0 aliphatic heterocycles. The molecule has 0 spiro atoms. The molecule has 0 aliphatic carbocycles. The van der Waals surface area contributed by atoms with Crippen molar-refractivity contribution in [2.45, 2.75) is 20.4 Å². The van der Waals surface area contributed by atoms with E-state index in [0.717, 1.165) is 5.56 Å². The first-order chi connectivity index (χ1) is 12.5. The van der Waals surface area contributed by atoms with Crippen LogP contribution in [0.1, 0.15) is 19.4 Å². The summed E-state index contributed by atoms with van der Waals surface area (Å²) in [6.07, 6.45) is 0. The fraction of sp³-hybridized carbons (Fsp3) is 0.350. The minimum atomic E-state index is -0.272. The van der Waals surface area contributed by atoms with E-state index in [4.69, 9.17) is 9.47 Å². The van der Waals surface area contributed by atoms with Crippen LogP contribution in [0, 0.1) is 5.82 Å². The molecule has 0 unspecified atom stereocenters. The van der Waals surface area contributed by atoms with Gasteiger partial charge in [0, 0.05) is 12.6 Å². The number of anilines is 1. The van der Waals surface area contributed by atoms with Crippen LogP contribution in [0.5, 0.6) is 11.5 Å². The van der Waals surface area contributed by atoms with E-state index in [1.807, 2.05) is 31.9 Å². The molecule has 2 rings (SSSR count). The third-order valence-corrected chi connectivity index (χ3v) is 3.62. The molecule has 2 aromatic carbocycles. The molecule has 1 N–H and O–H groups in total. The molecule has 0 aromatic heterocycles. The highest BCUT2D eigenvalue weighted by Gasteiger charge is 2.12. The van der Waals surface area contributed by atoms with Gasteiger partial charge in [-0.3, -0.25) is 9.69 Å². The van der Waals surface area contributed by atoms with Crippen LogP contribution >= 0.6 is 0 Å². The predicted molar refractivity (Wildman–Crippen MR) is 100 cm³/mol. The van der Waals surface area contributed by atoms with E-state index in [0.29, 0.717) is 36.9 Å². The lowest BCUT2D eigenvalue weighted by atomic mass is 10.2. The summed E-state index contributed by atoms with van der Waals surface area (Å²) in [7, 11) is 1.84. The normalized spacial score (nSPS) is 10.7. The molecule has 0 bridgehead atoms. The second-order valence-electron chi connectivity index (χ2n) is 5.87. The first kappa shape index (κ1) is 19.7. The molecule has 0 heterocycles. The molecular weight excluding hydrogens is 335 g/mol. The minimum Gasteiger partial charge on any atom is -0.494 e. The Morgan fingerprint density at radius 1 is 1.08 bits per heavy atom. The molecule has 140 valence electrons. The number of halogens is 1. The number of carbonyl (C=O) groups excluding carboxylic acids is 1. The fourth-order valence-electron chi connectivity index (χ4n) is 2.54. The summed E-state index contributed by atoms with van der Waals surface area (Å²) in [5, 5.41) is 2.87. The molecule has 26 heavy (non-hydrogen) atoms. The maximum Gasteiger partial charge on any atom is 0.238 e. The quantitative estimate of drug-likeness (QED) is 0.741. The third kappa shape index (κ3) is 6.04. The highest BCUT2D eigenvalue weighted by molar-refractivity contribution is 5.94. The van der Waals surface area contributed by atoms with Crippen molar-refractivity contribution in [2.75, 3.05) is 32.1 Å². The summed E-state index contributed by atoms with van der Waals surface area (Å²) in [5.74, 6) is 0.840. The summed E-state index contributed by atoms with van der Waals surface area (Å²) in [4.78, 5) is 14.2. The highest BCUT2D eigenvalue weighted by atomic mass is 19.1. The van der Waals surface area contributed by atoms with Crippen LogP contribution < -0.4 is 14.8 Å². The summed E-state index contributed by atoms with van der Waals surface area (Å²) < 4.78 is 24.0. The topological polar surface area (TPSA) is 50.8 Å². The number of carbonyl (C=O) groups is 1. The number of hydrogen-bond acceptors (Lipinski definition) is 4. The summed E-state index contributed by atoms with van der Waals surface area (Å²) in [6, 6.07) is 11.6. The van der Waals surface area contributed by atoms with Gasteiger partial charge in [0.05, 0.1) is 25.4 Å². The van der Waals surface area contributed by atoms with Gasteiger partial charge in [0.15, 0.2) is 0 Å². The van der Waals surface area contributed by atoms with E-state index in [1.54, 1.807) is 24.3 Å². The monoisotopic (exact) mass is 360 g/mol. The molecular formula is C20H25FN2O3. The van der Waals surface area contributed by atoms with Crippen LogP contribution in [0.3, 0.4) is 0 Å². The van der Waals surface area contributed by atoms with E-state index in [-0.39, 0.29) is 18.3 Å². The van der Waals surface area contributed by atoms with Gasteiger partial charge in [0.25, 0.3) is 0 Å². The zero-order chi connectivity index (χ0) is 18.9. The first-order valence-electron chi connectivity index (χ1n) is 8.64. The smallest absolute Gasteiger partial charge is 0.238 e. The lowest BCUT2D eigenvalue weighted by Gasteiger charge is -2.18. The van der Waals surface area contributed by atoms with Crippen molar-refractivity contribution >= 4 is 11.6 Å². The zero-order valence-corrected chi connectivity index (χ0v) is 15.4. The average Bonchev–Trinajstić information content (AvgIpc) is 2.59. The van der Waals surface area contributed by atoms with Crippen molar-refractivity contribution in [1.82, 2.24) is 4.90 Å². The second kappa shape index (κ2) is 9.77. The first-order valence-corrected chi connectivity index (χ1v) is 8.64. The maximum absolute atomic E-state index is 13.0. The van der Waals surface area contributed by atoms with E-state index >= 15 is 0 Å². The van der Waals surface area contributed by atoms with Gasteiger partial charge in [-0.15, -0.1) is 0 Å². The summed E-state index contributed by atoms with van der Waals surface area (Å²) in [6.45, 7) is 5.58. The molecule has 5 nitrogen and oxygen atoms in total. The van der Waals surface area contributed by atoms with Crippen LogP contribution in [0.15, 0.2) is 42.5 Å². The highest BCUT2D eigenvalue weighted by Crippen LogP contribution is 2.29. The number of nitrogens with one attached hydrogen (secondary N) is 1. The van der Waals surface area contributed by atoms with Gasteiger partial charge in [0.1, 0.15) is 17.3 Å². The van der Waals surface area contributed by atoms with Crippen molar-refractivity contribution < 1.29 is 18.7 Å². The van der Waals surface area contributed by atoms with Crippen molar-refractivity contribution in [1.29, 1.82) is 0 Å². The predicted octanol–water partition coefficient (Wildman–Crippen LogP) is 3.69. The number of nitrogens with zero attached hydrogens (tertiary/aromatic N) is 1. The lowest BCUT2D eigenvalue weighted by Crippen LogP contribution is -2.30. The number of hydrogen-bond donors (Lipinski definition) is 1. The van der Waals surface area contributed by atoms with E-state index in [9.17, 15) is 9.18 Å². The van der Waals surface area contributed by atoms with Crippen LogP contribution in [0.4, 0.5) is 10.1 Å². The van der Waals surface area contributed by atoms with E-state index in [2.05, 4.69) is 5.32 Å². The van der Waals surface area contributed by atoms with Crippen LogP contribution in [0.25, 0.3) is 0 Å². The molecule has 6 heteroatoms. The molecule has 1 amide bonds. The standard InChI is InChI=1S/C20H25FN2O3/c1-4-25-17-10-11-19(26-5-2)18(12-17)22-20(24)14-23(3)13-15-6-8-16(21)9-7-15/h6-12H,4-5,13-14H2,1-3H3,(H,22,24). The van der Waals surface area contributed by atoms with Gasteiger partial charge < -0.3 is 14.8 Å². The number of likely N-dealkylation sites (N-methyl/N-ethyl adjacent to an activating group) is 1. The van der Waals surface area contributed by atoms with Crippen molar-refractivity contribution in [3.63, 3.8) is 0 Å². The third-order valence-electron chi connectivity index (χ3n) is 3.62. The Labute approximate surface area is 153 Å². The Morgan fingerprint density at radius 2 is 1.77 bits per heavy atom. The van der Waals surface area contributed by atoms with Gasteiger partial charge in [-0.1, -0.05) is 12.1 Å². The number of rotatable bonds is 9. The van der Waals surface area contributed by atoms with E-state index < -0.39 is 0 Å². The van der Waals surface area contributed by atoms with Crippen molar-refractivity contribution in [3.8, 4) is 11.5 Å². The maximum atomic E-state index is 13.0. The Kier molecular flexibility index (Phi) is 7.41. The van der Waals surface area contributed by atoms with Gasteiger partial charge in [-0.05, 0) is 50.7 Å². The zero-order valence-electron chi connectivity index (χ0n) is 15.4. The van der Waals surface area contributed by atoms with Gasteiger partial charge in [0.2, 0.25) is 5.91 Å². The molecule has 0 fully saturated rings. The van der Waals surface area contributed by atoms with Gasteiger partial charge in [-0.25, -0.2) is 4.39 Å². The number of ether oxygens (including phenoxy) is 2. The fourth-order valence-corrected chi connectivity index (χ4v) is 2.54. The molecule has 0 saturated heterocycles. The van der Waals surface area contributed by atoms with E-state index in [1.165, 1.54) is 12.1 Å². The molecule has 2 aromatic rings. The largest absolute Gasteiger partial charge is 0.494 e. The minimum absolute atomic E-state index is 0.163. The molecule has 0 saturated carbocycles. The summed E-state index contributed by atoms with van der Waals surface area (Å²) >= 11 is 0. The van der Waals surface area contributed by atoms with Gasteiger partial charge in [-0.2, -0.15) is 0 Å². The Morgan fingerprint density at radius 3 is 2.42 bits per heavy atom. The van der Waals surface area contributed by atoms with Crippen molar-refractivity contribution in [3.05, 3.63) is 53.8 Å². The average molecular weight is 360 g/mol. The van der Waals surface area contributed by atoms with Crippen molar-refractivity contribution in [2.24, 2.45) is 0 Å². The lowest BCUT2D eigenvalue weighted by molar-refractivity contribution is -0.117. The molecule has 0 aliphatic rings. The van der Waals surface area contributed by atoms with Crippen LogP contribution in [-0.4, -0.2) is 37.6 Å². The Balaban J connectivity index is 1.99.